The van der Waals surface area contributed by atoms with Crippen LogP contribution in [0.5, 0.6) is 0 Å². The summed E-state index contributed by atoms with van der Waals surface area (Å²) in [5.41, 5.74) is -1.44. The third kappa shape index (κ3) is 2.14. The molecule has 1 aliphatic rings. The van der Waals surface area contributed by atoms with E-state index in [2.05, 4.69) is 20.8 Å². The predicted molar refractivity (Wildman–Crippen MR) is 63.1 cm³/mol. The maximum absolute atomic E-state index is 11.8. The highest BCUT2D eigenvalue weighted by Gasteiger charge is 2.50. The van der Waals surface area contributed by atoms with Crippen molar-refractivity contribution in [2.45, 2.75) is 52.7 Å². The maximum atomic E-state index is 11.8. The Morgan fingerprint density at radius 1 is 1.31 bits per heavy atom. The maximum Gasteiger partial charge on any atom is 0.342 e. The minimum absolute atomic E-state index is 0.0618. The molecule has 0 aromatic heterocycles. The van der Waals surface area contributed by atoms with Crippen molar-refractivity contribution in [3.63, 3.8) is 0 Å². The zero-order chi connectivity index (χ0) is 12.6. The molecule has 0 aliphatic carbocycles. The summed E-state index contributed by atoms with van der Waals surface area (Å²) in [5, 5.41) is 0. The zero-order valence-corrected chi connectivity index (χ0v) is 11.1. The third-order valence-electron chi connectivity index (χ3n) is 3.31. The highest BCUT2D eigenvalue weighted by Crippen LogP contribution is 2.43. The fraction of sp³-hybridized carbons (Fsp3) is 0.769. The lowest BCUT2D eigenvalue weighted by Crippen LogP contribution is -2.46. The molecule has 1 heterocycles. The average molecular weight is 226 g/mol. The van der Waals surface area contributed by atoms with Crippen molar-refractivity contribution in [2.75, 3.05) is 6.61 Å². The highest BCUT2D eigenvalue weighted by atomic mass is 16.6. The van der Waals surface area contributed by atoms with Gasteiger partial charge in [-0.3, -0.25) is 0 Å². The number of hydrogen-bond acceptors (Lipinski definition) is 3. The van der Waals surface area contributed by atoms with Gasteiger partial charge in [0.05, 0.1) is 12.2 Å². The lowest BCUT2D eigenvalue weighted by atomic mass is 9.78. The topological polar surface area (TPSA) is 35.5 Å². The van der Waals surface area contributed by atoms with Gasteiger partial charge in [-0.15, -0.1) is 0 Å². The van der Waals surface area contributed by atoms with E-state index in [1.165, 1.54) is 0 Å². The third-order valence-corrected chi connectivity index (χ3v) is 3.31. The predicted octanol–water partition coefficient (Wildman–Crippen LogP) is 2.70. The van der Waals surface area contributed by atoms with Crippen LogP contribution in [-0.4, -0.2) is 23.8 Å². The Labute approximate surface area is 97.8 Å². The van der Waals surface area contributed by atoms with Crippen LogP contribution in [0.4, 0.5) is 0 Å². The van der Waals surface area contributed by atoms with Gasteiger partial charge in [-0.05, 0) is 32.3 Å². The second kappa shape index (κ2) is 3.88. The standard InChI is InChI=1S/C13H22O3/c1-7-15-10(14)12(5)8-9-13(6,16-12)11(2,3)4/h8-9H,7H2,1-6H3/t12-,13+/m0/s1. The van der Waals surface area contributed by atoms with Crippen LogP contribution in [0.2, 0.25) is 0 Å². The molecule has 0 unspecified atom stereocenters. The first-order valence-corrected chi connectivity index (χ1v) is 5.72. The van der Waals surface area contributed by atoms with Crippen molar-refractivity contribution >= 4 is 5.97 Å². The van der Waals surface area contributed by atoms with Crippen molar-refractivity contribution in [1.82, 2.24) is 0 Å². The Hall–Kier alpha value is -0.830. The normalized spacial score (nSPS) is 34.1. The van der Waals surface area contributed by atoms with Crippen molar-refractivity contribution in [1.29, 1.82) is 0 Å². The molecule has 0 N–H and O–H groups in total. The van der Waals surface area contributed by atoms with Crippen LogP contribution in [0, 0.1) is 5.41 Å². The van der Waals surface area contributed by atoms with Gasteiger partial charge in [-0.2, -0.15) is 0 Å². The van der Waals surface area contributed by atoms with E-state index in [0.717, 1.165) is 0 Å². The Kier molecular flexibility index (Phi) is 3.21. The summed E-state index contributed by atoms with van der Waals surface area (Å²) in [6.45, 7) is 12.2. The van der Waals surface area contributed by atoms with E-state index in [4.69, 9.17) is 9.47 Å². The molecule has 0 amide bonds. The van der Waals surface area contributed by atoms with Gasteiger partial charge in [0.25, 0.3) is 0 Å². The fourth-order valence-electron chi connectivity index (χ4n) is 1.61. The molecule has 92 valence electrons. The summed E-state index contributed by atoms with van der Waals surface area (Å²) in [6, 6.07) is 0. The van der Waals surface area contributed by atoms with Crippen LogP contribution in [-0.2, 0) is 14.3 Å². The lowest BCUT2D eigenvalue weighted by Gasteiger charge is -2.39. The Balaban J connectivity index is 2.88. The van der Waals surface area contributed by atoms with Gasteiger partial charge in [0.1, 0.15) is 0 Å². The fourth-order valence-corrected chi connectivity index (χ4v) is 1.61. The van der Waals surface area contributed by atoms with Crippen molar-refractivity contribution in [3.8, 4) is 0 Å². The van der Waals surface area contributed by atoms with Crippen LogP contribution in [0.25, 0.3) is 0 Å². The first-order chi connectivity index (χ1) is 7.15. The number of carbonyl (C=O) groups excluding carboxylic acids is 1. The number of hydrogen-bond donors (Lipinski definition) is 0. The lowest BCUT2D eigenvalue weighted by molar-refractivity contribution is -0.180. The summed E-state index contributed by atoms with van der Waals surface area (Å²) < 4.78 is 10.9. The Morgan fingerprint density at radius 3 is 2.25 bits per heavy atom. The smallest absolute Gasteiger partial charge is 0.342 e. The largest absolute Gasteiger partial charge is 0.464 e. The molecule has 0 spiro atoms. The first-order valence-electron chi connectivity index (χ1n) is 5.72. The van der Waals surface area contributed by atoms with Gasteiger partial charge >= 0.3 is 5.97 Å². The number of rotatable bonds is 2. The van der Waals surface area contributed by atoms with E-state index in [9.17, 15) is 4.79 Å². The molecule has 0 saturated carbocycles. The monoisotopic (exact) mass is 226 g/mol. The molecular formula is C13H22O3. The van der Waals surface area contributed by atoms with Gasteiger partial charge in [-0.25, -0.2) is 4.79 Å². The summed E-state index contributed by atoms with van der Waals surface area (Å²) in [7, 11) is 0. The van der Waals surface area contributed by atoms with Crippen LogP contribution in [0.3, 0.4) is 0 Å². The van der Waals surface area contributed by atoms with Gasteiger partial charge in [0.2, 0.25) is 0 Å². The molecule has 0 radical (unpaired) electrons. The Bertz CT molecular complexity index is 314. The summed E-state index contributed by atoms with van der Waals surface area (Å²) in [5.74, 6) is -0.320. The molecule has 0 bridgehead atoms. The minimum atomic E-state index is -0.946. The highest BCUT2D eigenvalue weighted by molar-refractivity contribution is 5.82. The van der Waals surface area contributed by atoms with Gasteiger partial charge in [-0.1, -0.05) is 26.8 Å². The van der Waals surface area contributed by atoms with Crippen molar-refractivity contribution in [2.24, 2.45) is 5.41 Å². The van der Waals surface area contributed by atoms with Gasteiger partial charge < -0.3 is 9.47 Å². The molecular weight excluding hydrogens is 204 g/mol. The first kappa shape index (κ1) is 13.2. The summed E-state index contributed by atoms with van der Waals surface area (Å²) in [6.07, 6.45) is 3.76. The molecule has 1 rings (SSSR count). The van der Waals surface area contributed by atoms with Crippen LogP contribution >= 0.6 is 0 Å². The van der Waals surface area contributed by atoms with Crippen LogP contribution in [0.15, 0.2) is 12.2 Å². The SMILES string of the molecule is CCOC(=O)[C@]1(C)C=C[C@](C)(C(C)(C)C)O1. The van der Waals surface area contributed by atoms with E-state index in [1.807, 2.05) is 13.0 Å². The number of ether oxygens (including phenoxy) is 2. The van der Waals surface area contributed by atoms with E-state index >= 15 is 0 Å². The van der Waals surface area contributed by atoms with Crippen LogP contribution < -0.4 is 0 Å². The molecule has 3 nitrogen and oxygen atoms in total. The summed E-state index contributed by atoms with van der Waals surface area (Å²) in [4.78, 5) is 11.8. The average Bonchev–Trinajstić information content (AvgIpc) is 2.45. The quantitative estimate of drug-likeness (QED) is 0.536. The minimum Gasteiger partial charge on any atom is -0.464 e. The van der Waals surface area contributed by atoms with Crippen LogP contribution in [0.1, 0.15) is 41.5 Å². The molecule has 3 heteroatoms. The van der Waals surface area contributed by atoms with Crippen molar-refractivity contribution < 1.29 is 14.3 Å². The molecule has 0 aromatic rings. The second-order valence-electron chi connectivity index (χ2n) is 5.62. The zero-order valence-electron chi connectivity index (χ0n) is 11.1. The molecule has 16 heavy (non-hydrogen) atoms. The number of carbonyl (C=O) groups is 1. The molecule has 2 atom stereocenters. The molecule has 0 aromatic carbocycles. The van der Waals surface area contributed by atoms with E-state index in [-0.39, 0.29) is 11.4 Å². The molecule has 0 fully saturated rings. The van der Waals surface area contributed by atoms with Gasteiger partial charge in [0.15, 0.2) is 5.60 Å². The van der Waals surface area contributed by atoms with E-state index in [0.29, 0.717) is 6.61 Å². The van der Waals surface area contributed by atoms with Crippen molar-refractivity contribution in [3.05, 3.63) is 12.2 Å². The second-order valence-corrected chi connectivity index (χ2v) is 5.62. The number of esters is 1. The Morgan fingerprint density at radius 2 is 1.88 bits per heavy atom. The molecule has 0 saturated heterocycles. The van der Waals surface area contributed by atoms with E-state index in [1.54, 1.807) is 19.9 Å². The van der Waals surface area contributed by atoms with E-state index < -0.39 is 11.2 Å². The summed E-state index contributed by atoms with van der Waals surface area (Å²) >= 11 is 0. The van der Waals surface area contributed by atoms with Gasteiger partial charge in [0, 0.05) is 0 Å². The molecule has 1 aliphatic heterocycles.